The van der Waals surface area contributed by atoms with E-state index in [1.54, 1.807) is 20.8 Å². The zero-order valence-electron chi connectivity index (χ0n) is 18.2. The minimum atomic E-state index is -1.20. The fourth-order valence-electron chi connectivity index (χ4n) is 2.87. The van der Waals surface area contributed by atoms with Crippen LogP contribution in [0.3, 0.4) is 0 Å². The van der Waals surface area contributed by atoms with Crippen molar-refractivity contribution in [2.24, 2.45) is 0 Å². The molecule has 2 rings (SSSR count). The molecule has 11 nitrogen and oxygen atoms in total. The second-order valence-corrected chi connectivity index (χ2v) is 7.99. The van der Waals surface area contributed by atoms with Crippen LogP contribution < -0.4 is 4.74 Å². The maximum absolute atomic E-state index is 14.4. The van der Waals surface area contributed by atoms with Crippen molar-refractivity contribution < 1.29 is 42.6 Å². The lowest BCUT2D eigenvalue weighted by molar-refractivity contribution is -0.385. The number of likely N-dealkylation sites (tertiary alicyclic amines) is 1. The SMILES string of the molecule is COC(=O)COC(=O)c1cc(OC2CCN(C(=O)OC(C)(C)C)CC2)c(F)cc1[N+](=O)[O-]. The van der Waals surface area contributed by atoms with Gasteiger partial charge in [-0.2, -0.15) is 0 Å². The number of halogens is 1. The Hall–Kier alpha value is -3.44. The molecule has 1 aliphatic rings. The lowest BCUT2D eigenvalue weighted by Crippen LogP contribution is -2.44. The number of carbonyl (C=O) groups excluding carboxylic acids is 3. The number of carbonyl (C=O) groups is 3. The quantitative estimate of drug-likeness (QED) is 0.274. The van der Waals surface area contributed by atoms with Crippen LogP contribution in [-0.2, 0) is 19.0 Å². The summed E-state index contributed by atoms with van der Waals surface area (Å²) in [5, 5.41) is 11.2. The summed E-state index contributed by atoms with van der Waals surface area (Å²) in [6.45, 7) is 5.12. The molecule has 32 heavy (non-hydrogen) atoms. The molecule has 0 spiro atoms. The summed E-state index contributed by atoms with van der Waals surface area (Å²) >= 11 is 0. The van der Waals surface area contributed by atoms with Crippen LogP contribution >= 0.6 is 0 Å². The van der Waals surface area contributed by atoms with Crippen LogP contribution in [-0.4, -0.2) is 66.4 Å². The summed E-state index contributed by atoms with van der Waals surface area (Å²) in [6, 6.07) is 1.42. The topological polar surface area (TPSA) is 135 Å². The number of benzene rings is 1. The Bertz CT molecular complexity index is 890. The molecule has 0 bridgehead atoms. The molecule has 0 saturated carbocycles. The highest BCUT2D eigenvalue weighted by Crippen LogP contribution is 2.30. The number of amides is 1. The molecule has 1 aromatic carbocycles. The molecule has 0 N–H and O–H groups in total. The number of rotatable bonds is 6. The first kappa shape index (κ1) is 24.8. The Morgan fingerprint density at radius 2 is 1.84 bits per heavy atom. The molecule has 0 aromatic heterocycles. The third-order valence-corrected chi connectivity index (χ3v) is 4.40. The molecule has 1 saturated heterocycles. The lowest BCUT2D eigenvalue weighted by Gasteiger charge is -2.33. The normalized spacial score (nSPS) is 14.5. The van der Waals surface area contributed by atoms with Crippen molar-refractivity contribution in [3.8, 4) is 5.75 Å². The average Bonchev–Trinajstić information content (AvgIpc) is 2.71. The Balaban J connectivity index is 2.10. The van der Waals surface area contributed by atoms with Crippen molar-refractivity contribution in [1.29, 1.82) is 0 Å². The van der Waals surface area contributed by atoms with Gasteiger partial charge in [-0.3, -0.25) is 10.1 Å². The van der Waals surface area contributed by atoms with Crippen LogP contribution in [0.1, 0.15) is 44.0 Å². The fourth-order valence-corrected chi connectivity index (χ4v) is 2.87. The predicted molar refractivity (Wildman–Crippen MR) is 107 cm³/mol. The average molecular weight is 456 g/mol. The smallest absolute Gasteiger partial charge is 0.410 e. The van der Waals surface area contributed by atoms with Gasteiger partial charge in [-0.25, -0.2) is 18.8 Å². The molecule has 176 valence electrons. The zero-order valence-corrected chi connectivity index (χ0v) is 18.2. The third kappa shape index (κ3) is 6.79. The Labute approximate surface area is 183 Å². The van der Waals surface area contributed by atoms with Gasteiger partial charge in [0.05, 0.1) is 18.1 Å². The molecule has 1 heterocycles. The van der Waals surface area contributed by atoms with Crippen molar-refractivity contribution in [2.75, 3.05) is 26.8 Å². The van der Waals surface area contributed by atoms with Gasteiger partial charge in [0.1, 0.15) is 17.3 Å². The van der Waals surface area contributed by atoms with Gasteiger partial charge >= 0.3 is 18.0 Å². The molecular formula is C20H25FN2O9. The van der Waals surface area contributed by atoms with Gasteiger partial charge in [-0.05, 0) is 20.8 Å². The van der Waals surface area contributed by atoms with Crippen LogP contribution in [0.5, 0.6) is 5.75 Å². The maximum atomic E-state index is 14.4. The third-order valence-electron chi connectivity index (χ3n) is 4.40. The second kappa shape index (κ2) is 10.2. The van der Waals surface area contributed by atoms with Crippen LogP contribution in [0.2, 0.25) is 0 Å². The first-order valence-electron chi connectivity index (χ1n) is 9.77. The van der Waals surface area contributed by atoms with Gasteiger partial charge in [0.15, 0.2) is 18.2 Å². The Morgan fingerprint density at radius 1 is 1.22 bits per heavy atom. The van der Waals surface area contributed by atoms with E-state index in [4.69, 9.17) is 9.47 Å². The van der Waals surface area contributed by atoms with Gasteiger partial charge in [0.2, 0.25) is 0 Å². The summed E-state index contributed by atoms with van der Waals surface area (Å²) < 4.78 is 34.4. The van der Waals surface area contributed by atoms with Gasteiger partial charge in [0, 0.05) is 32.0 Å². The summed E-state index contributed by atoms with van der Waals surface area (Å²) in [7, 11) is 1.08. The van der Waals surface area contributed by atoms with Crippen molar-refractivity contribution >= 4 is 23.7 Å². The zero-order chi connectivity index (χ0) is 24.1. The number of methoxy groups -OCH3 is 1. The van der Waals surface area contributed by atoms with E-state index in [1.807, 2.05) is 0 Å². The minimum absolute atomic E-state index is 0.308. The Morgan fingerprint density at radius 3 is 2.38 bits per heavy atom. The molecule has 0 atom stereocenters. The minimum Gasteiger partial charge on any atom is -0.487 e. The van der Waals surface area contributed by atoms with Crippen molar-refractivity contribution in [1.82, 2.24) is 4.90 Å². The molecule has 1 aromatic rings. The van der Waals surface area contributed by atoms with Crippen LogP contribution in [0.25, 0.3) is 0 Å². The number of nitrogens with zero attached hydrogens (tertiary/aromatic N) is 2. The van der Waals surface area contributed by atoms with E-state index in [0.717, 1.165) is 13.2 Å². The van der Waals surface area contributed by atoms with Crippen molar-refractivity contribution in [3.63, 3.8) is 0 Å². The second-order valence-electron chi connectivity index (χ2n) is 7.99. The summed E-state index contributed by atoms with van der Waals surface area (Å²) in [4.78, 5) is 47.3. The van der Waals surface area contributed by atoms with E-state index in [2.05, 4.69) is 9.47 Å². The molecular weight excluding hydrogens is 431 g/mol. The van der Waals surface area contributed by atoms with Crippen LogP contribution in [0.15, 0.2) is 12.1 Å². The molecule has 1 amide bonds. The molecule has 0 unspecified atom stereocenters. The largest absolute Gasteiger partial charge is 0.487 e. The highest BCUT2D eigenvalue weighted by molar-refractivity contribution is 5.95. The number of nitro groups is 1. The summed E-state index contributed by atoms with van der Waals surface area (Å²) in [5.74, 6) is -3.48. The van der Waals surface area contributed by atoms with Gasteiger partial charge in [-0.15, -0.1) is 0 Å². The predicted octanol–water partition coefficient (Wildman–Crippen LogP) is 2.84. The molecule has 1 fully saturated rings. The number of nitro benzene ring substituents is 1. The van der Waals surface area contributed by atoms with Gasteiger partial charge in [0.25, 0.3) is 5.69 Å². The fraction of sp³-hybridized carbons (Fsp3) is 0.550. The van der Waals surface area contributed by atoms with E-state index in [-0.39, 0.29) is 5.75 Å². The number of piperidine rings is 1. The van der Waals surface area contributed by atoms with E-state index >= 15 is 0 Å². The highest BCUT2D eigenvalue weighted by atomic mass is 19.1. The van der Waals surface area contributed by atoms with Crippen LogP contribution in [0.4, 0.5) is 14.9 Å². The van der Waals surface area contributed by atoms with Gasteiger partial charge in [-0.1, -0.05) is 0 Å². The molecule has 0 aliphatic carbocycles. The number of hydrogen-bond donors (Lipinski definition) is 0. The lowest BCUT2D eigenvalue weighted by atomic mass is 10.1. The summed E-state index contributed by atoms with van der Waals surface area (Å²) in [5.41, 5.74) is -2.03. The van der Waals surface area contributed by atoms with E-state index in [1.165, 1.54) is 4.90 Å². The first-order chi connectivity index (χ1) is 14.9. The Kier molecular flexibility index (Phi) is 7.95. The highest BCUT2D eigenvalue weighted by Gasteiger charge is 2.30. The number of hydrogen-bond acceptors (Lipinski definition) is 9. The molecule has 12 heteroatoms. The summed E-state index contributed by atoms with van der Waals surface area (Å²) in [6.07, 6.45) is -0.244. The van der Waals surface area contributed by atoms with Crippen molar-refractivity contribution in [3.05, 3.63) is 33.6 Å². The van der Waals surface area contributed by atoms with E-state index in [9.17, 15) is 28.9 Å². The maximum Gasteiger partial charge on any atom is 0.410 e. The number of esters is 2. The van der Waals surface area contributed by atoms with E-state index in [0.29, 0.717) is 32.0 Å². The standard InChI is InChI=1S/C20H25FN2O9/c1-20(2,3)32-19(26)22-7-5-12(6-8-22)31-16-9-13(15(23(27)28)10-14(16)21)18(25)30-11-17(24)29-4/h9-10,12H,5-8,11H2,1-4H3. The monoisotopic (exact) mass is 456 g/mol. The molecule has 1 aliphatic heterocycles. The first-order valence-corrected chi connectivity index (χ1v) is 9.77. The molecule has 0 radical (unpaired) electrons. The van der Waals surface area contributed by atoms with E-state index < -0.39 is 58.3 Å². The number of ether oxygens (including phenoxy) is 4. The van der Waals surface area contributed by atoms with Crippen molar-refractivity contribution in [2.45, 2.75) is 45.3 Å². The van der Waals surface area contributed by atoms with Crippen LogP contribution in [0, 0.1) is 15.9 Å². The van der Waals surface area contributed by atoms with Gasteiger partial charge < -0.3 is 23.8 Å².